The first-order chi connectivity index (χ1) is 19.6. The Morgan fingerprint density at radius 1 is 0.756 bits per heavy atom. The van der Waals surface area contributed by atoms with Crippen LogP contribution in [0, 0.1) is 0 Å². The van der Waals surface area contributed by atoms with Gasteiger partial charge < -0.3 is 25.8 Å². The van der Waals surface area contributed by atoms with E-state index >= 15 is 0 Å². The molecule has 1 aromatic heterocycles. The van der Waals surface area contributed by atoms with Crippen LogP contribution >= 0.6 is 0 Å². The first kappa shape index (κ1) is 27.8. The van der Waals surface area contributed by atoms with Crippen LogP contribution in [0.2, 0.25) is 0 Å². The number of benzene rings is 3. The number of ketones is 3. The van der Waals surface area contributed by atoms with E-state index in [1.165, 1.54) is 66.7 Å². The number of Topliss-reactive ketones (excluding diaryl/α,β-unsaturated/α-hetero) is 3. The molecule has 0 aliphatic carbocycles. The summed E-state index contributed by atoms with van der Waals surface area (Å²) in [5, 5.41) is 36.1. The minimum atomic E-state index is -3.27. The number of rotatable bonds is 8. The van der Waals surface area contributed by atoms with Gasteiger partial charge in [0.1, 0.15) is 12.2 Å². The van der Waals surface area contributed by atoms with Gasteiger partial charge in [0.2, 0.25) is 17.2 Å². The van der Waals surface area contributed by atoms with Gasteiger partial charge in [-0.05, 0) is 6.07 Å². The number of nitrogen functional groups attached to an aromatic ring is 1. The molecular weight excluding hydrogens is 528 g/mol. The van der Waals surface area contributed by atoms with Crippen LogP contribution in [0.3, 0.4) is 0 Å². The summed E-state index contributed by atoms with van der Waals surface area (Å²) in [4.78, 5) is 54.7. The van der Waals surface area contributed by atoms with Crippen LogP contribution in [0.1, 0.15) is 37.3 Å². The molecule has 5 rings (SSSR count). The molecule has 1 saturated heterocycles. The Bertz CT molecular complexity index is 1660. The van der Waals surface area contributed by atoms with E-state index in [-0.39, 0.29) is 22.4 Å². The fourth-order valence-electron chi connectivity index (χ4n) is 5.13. The fraction of sp³-hybridized carbons (Fsp3) is 0.161. The van der Waals surface area contributed by atoms with Gasteiger partial charge in [-0.25, -0.2) is 0 Å². The molecule has 208 valence electrons. The summed E-state index contributed by atoms with van der Waals surface area (Å²) in [5.41, 5.74) is -1.79. The van der Waals surface area contributed by atoms with Crippen molar-refractivity contribution in [1.82, 2.24) is 4.57 Å². The molecule has 0 radical (unpaired) electrons. The van der Waals surface area contributed by atoms with E-state index in [9.17, 15) is 34.5 Å². The number of anilines is 1. The van der Waals surface area contributed by atoms with E-state index in [1.54, 1.807) is 30.3 Å². The van der Waals surface area contributed by atoms with E-state index in [4.69, 9.17) is 10.5 Å². The van der Waals surface area contributed by atoms with Crippen molar-refractivity contribution in [3.05, 3.63) is 136 Å². The summed E-state index contributed by atoms with van der Waals surface area (Å²) in [6, 6.07) is 24.4. The molecule has 41 heavy (non-hydrogen) atoms. The van der Waals surface area contributed by atoms with Crippen LogP contribution < -0.4 is 11.3 Å². The average Bonchev–Trinajstić information content (AvgIpc) is 3.25. The molecule has 0 bridgehead atoms. The van der Waals surface area contributed by atoms with Gasteiger partial charge >= 0.3 is 0 Å². The van der Waals surface area contributed by atoms with Crippen molar-refractivity contribution >= 4 is 23.0 Å². The van der Waals surface area contributed by atoms with Crippen molar-refractivity contribution in [2.45, 2.75) is 29.6 Å². The summed E-state index contributed by atoms with van der Waals surface area (Å²) in [5.74, 6) is -3.34. The maximum absolute atomic E-state index is 14.1. The summed E-state index contributed by atoms with van der Waals surface area (Å²) < 4.78 is 6.68. The lowest BCUT2D eigenvalue weighted by atomic mass is 9.69. The zero-order chi connectivity index (χ0) is 29.4. The molecule has 1 aliphatic heterocycles. The molecule has 4 aromatic rings. The highest BCUT2D eigenvalue weighted by molar-refractivity contribution is 6.14. The molecule has 0 spiro atoms. The molecule has 1 fully saturated rings. The Hall–Kier alpha value is -4.74. The maximum atomic E-state index is 14.1. The van der Waals surface area contributed by atoms with Crippen LogP contribution in [0.25, 0.3) is 0 Å². The van der Waals surface area contributed by atoms with E-state index in [0.717, 1.165) is 16.8 Å². The van der Waals surface area contributed by atoms with Crippen molar-refractivity contribution < 1.29 is 34.4 Å². The Morgan fingerprint density at radius 2 is 1.22 bits per heavy atom. The van der Waals surface area contributed by atoms with Crippen LogP contribution in [0.15, 0.2) is 114 Å². The van der Waals surface area contributed by atoms with Gasteiger partial charge in [-0.15, -0.1) is 0 Å². The highest BCUT2D eigenvalue weighted by Crippen LogP contribution is 2.50. The summed E-state index contributed by atoms with van der Waals surface area (Å²) in [7, 11) is 0. The number of hydrogen-bond acceptors (Lipinski definition) is 9. The molecule has 3 aromatic carbocycles. The second-order valence-corrected chi connectivity index (χ2v) is 9.71. The molecule has 0 amide bonds. The van der Waals surface area contributed by atoms with Crippen molar-refractivity contribution in [2.24, 2.45) is 0 Å². The van der Waals surface area contributed by atoms with E-state index < -0.39 is 52.5 Å². The largest absolute Gasteiger partial charge is 0.399 e. The number of aliphatic hydroxyl groups excluding tert-OH is 1. The topological polar surface area (TPSA) is 169 Å². The molecule has 0 saturated carbocycles. The van der Waals surface area contributed by atoms with E-state index in [0.29, 0.717) is 0 Å². The van der Waals surface area contributed by atoms with Gasteiger partial charge in [0.05, 0.1) is 0 Å². The van der Waals surface area contributed by atoms with Crippen LogP contribution in [-0.2, 0) is 4.74 Å². The van der Waals surface area contributed by atoms with Crippen molar-refractivity contribution in [3.63, 3.8) is 0 Å². The third kappa shape index (κ3) is 4.48. The second-order valence-electron chi connectivity index (χ2n) is 9.71. The van der Waals surface area contributed by atoms with Gasteiger partial charge in [0, 0.05) is 34.6 Å². The Labute approximate surface area is 233 Å². The first-order valence-electron chi connectivity index (χ1n) is 12.7. The van der Waals surface area contributed by atoms with Crippen molar-refractivity contribution in [1.29, 1.82) is 0 Å². The lowest BCUT2D eigenvalue weighted by Crippen LogP contribution is -2.69. The first-order valence-corrected chi connectivity index (χ1v) is 12.7. The third-order valence-corrected chi connectivity index (χ3v) is 7.23. The number of nitrogens with two attached hydrogens (primary N) is 1. The molecule has 10 nitrogen and oxygen atoms in total. The fourth-order valence-corrected chi connectivity index (χ4v) is 5.13. The lowest BCUT2D eigenvalue weighted by molar-refractivity contribution is -0.108. The number of carbonyl (C=O) groups is 3. The predicted molar refractivity (Wildman–Crippen MR) is 147 cm³/mol. The Kier molecular flexibility index (Phi) is 7.24. The Balaban J connectivity index is 1.77. The summed E-state index contributed by atoms with van der Waals surface area (Å²) >= 11 is 0. The van der Waals surface area contributed by atoms with Gasteiger partial charge in [-0.3, -0.25) is 23.7 Å². The van der Waals surface area contributed by atoms with Crippen molar-refractivity contribution in [2.75, 3.05) is 5.73 Å². The molecule has 10 heteroatoms. The zero-order valence-corrected chi connectivity index (χ0v) is 21.5. The molecule has 1 unspecified atom stereocenters. The lowest BCUT2D eigenvalue weighted by Gasteiger charge is -2.39. The molecule has 5 N–H and O–H groups in total. The van der Waals surface area contributed by atoms with Gasteiger partial charge in [-0.1, -0.05) is 91.0 Å². The number of carbonyl (C=O) groups excluding carboxylic acids is 3. The van der Waals surface area contributed by atoms with E-state index in [2.05, 4.69) is 0 Å². The second kappa shape index (κ2) is 10.7. The number of pyridine rings is 1. The summed E-state index contributed by atoms with van der Waals surface area (Å²) in [6.45, 7) is 0. The standard InChI is InChI=1S/C31H26N2O8/c32-22-16-17-33(23(34)18-22)29-31(40,27(38)21-14-8-3-9-15-21)30(39,26(37)20-12-6-2-7-13-20)28(41-29)25(36)24(35)19-10-4-1-5-11-19/h1-18,25,28-29,36,39-40H,32H2/t25?,28-,29-,30-,31+/m1/s1. The predicted octanol–water partition coefficient (Wildman–Crippen LogP) is 1.80. The molecular formula is C31H26N2O8. The monoisotopic (exact) mass is 554 g/mol. The maximum Gasteiger partial charge on any atom is 0.254 e. The Morgan fingerprint density at radius 3 is 1.71 bits per heavy atom. The molecule has 5 atom stereocenters. The van der Waals surface area contributed by atoms with Crippen LogP contribution in [0.4, 0.5) is 5.69 Å². The normalized spacial score (nSPS) is 24.5. The van der Waals surface area contributed by atoms with Gasteiger partial charge in [0.25, 0.3) is 5.56 Å². The number of aliphatic hydroxyl groups is 3. The highest BCUT2D eigenvalue weighted by atomic mass is 16.6. The van der Waals surface area contributed by atoms with Gasteiger partial charge in [-0.2, -0.15) is 0 Å². The smallest absolute Gasteiger partial charge is 0.254 e. The third-order valence-electron chi connectivity index (χ3n) is 7.23. The minimum Gasteiger partial charge on any atom is -0.399 e. The highest BCUT2D eigenvalue weighted by Gasteiger charge is 2.75. The number of aromatic nitrogens is 1. The zero-order valence-electron chi connectivity index (χ0n) is 21.5. The van der Waals surface area contributed by atoms with Crippen LogP contribution in [-0.4, -0.2) is 60.6 Å². The quantitative estimate of drug-likeness (QED) is 0.237. The van der Waals surface area contributed by atoms with E-state index in [1.807, 2.05) is 0 Å². The average molecular weight is 555 g/mol. The summed E-state index contributed by atoms with van der Waals surface area (Å²) in [6.07, 6.45) is -5.40. The van der Waals surface area contributed by atoms with Gasteiger partial charge in [0.15, 0.2) is 17.6 Å². The molecule has 2 heterocycles. The molecule has 1 aliphatic rings. The SMILES string of the molecule is Nc1ccn([C@@H]2O[C@H](C(O)C(=O)c3ccccc3)[C@](O)(C(=O)c3ccccc3)[C@]2(O)C(=O)c2ccccc2)c(=O)c1. The number of ether oxygens (including phenoxy) is 1. The minimum absolute atomic E-state index is 0.0177. The number of hydrogen-bond donors (Lipinski definition) is 4. The number of nitrogens with zero attached hydrogens (tertiary/aromatic N) is 1. The van der Waals surface area contributed by atoms with Crippen molar-refractivity contribution in [3.8, 4) is 0 Å². The van der Waals surface area contributed by atoms with Crippen LogP contribution in [0.5, 0.6) is 0 Å².